The van der Waals surface area contributed by atoms with Crippen LogP contribution in [-0.4, -0.2) is 74.3 Å². The number of hydrogen-bond donors (Lipinski definition) is 0. The van der Waals surface area contributed by atoms with E-state index in [0.29, 0.717) is 18.1 Å². The molecule has 1 rings (SSSR count). The van der Waals surface area contributed by atoms with E-state index in [-0.39, 0.29) is 42.3 Å². The first-order valence-corrected chi connectivity index (χ1v) is 7.79. The predicted octanol–water partition coefficient (Wildman–Crippen LogP) is -1.08. The normalized spacial score (nSPS) is 18.0. The van der Waals surface area contributed by atoms with Gasteiger partial charge < -0.3 is 33.4 Å². The molecule has 21 heavy (non-hydrogen) atoms. The van der Waals surface area contributed by atoms with Crippen molar-refractivity contribution in [3.8, 4) is 0 Å². The van der Waals surface area contributed by atoms with Crippen LogP contribution in [0.25, 0.3) is 0 Å². The Bertz CT molecular complexity index is 304. The molecule has 1 aliphatic rings. The number of amides is 1. The van der Waals surface area contributed by atoms with Crippen molar-refractivity contribution in [1.82, 2.24) is 10.0 Å². The van der Waals surface area contributed by atoms with Crippen LogP contribution in [0.1, 0.15) is 32.6 Å². The summed E-state index contributed by atoms with van der Waals surface area (Å²) in [6.07, 6.45) is 4.37. The third-order valence-electron chi connectivity index (χ3n) is 3.82. The molecule has 0 aromatic carbocycles. The quantitative estimate of drug-likeness (QED) is 0.300. The fraction of sp³-hybridized carbons (Fsp3) is 0.933. The zero-order valence-electron chi connectivity index (χ0n) is 13.9. The number of quaternary nitrogens is 1. The summed E-state index contributed by atoms with van der Waals surface area (Å²) >= 11 is 0. The number of halogens is 2. The maximum Gasteiger partial charge on any atom is 0.254 e. The zero-order valence-corrected chi connectivity index (χ0v) is 16.1. The molecule has 1 heterocycles. The van der Waals surface area contributed by atoms with Crippen LogP contribution in [0.4, 0.5) is 4.48 Å². The second-order valence-corrected chi connectivity index (χ2v) is 7.05. The molecular formula is C15H31FIN3O. The molecule has 1 atom stereocenters. The molecule has 0 aromatic rings. The highest BCUT2D eigenvalue weighted by Gasteiger charge is 2.24. The SMILES string of the molecule is CC(CN1CCCCC1)C(=O)N(F)CCC[N+](C)(C)C.[I-]. The first-order valence-electron chi connectivity index (χ1n) is 7.79. The lowest BCUT2D eigenvalue weighted by atomic mass is 10.1. The van der Waals surface area contributed by atoms with E-state index in [4.69, 9.17) is 0 Å². The van der Waals surface area contributed by atoms with Crippen molar-refractivity contribution in [2.24, 2.45) is 5.92 Å². The van der Waals surface area contributed by atoms with Crippen molar-refractivity contribution in [3.63, 3.8) is 0 Å². The van der Waals surface area contributed by atoms with Gasteiger partial charge in [0.05, 0.1) is 40.2 Å². The number of carbonyl (C=O) groups excluding carboxylic acids is 1. The second kappa shape index (κ2) is 9.94. The lowest BCUT2D eigenvalue weighted by Gasteiger charge is -2.29. The van der Waals surface area contributed by atoms with Crippen LogP contribution in [0.2, 0.25) is 0 Å². The highest BCUT2D eigenvalue weighted by molar-refractivity contribution is 5.77. The monoisotopic (exact) mass is 415 g/mol. The van der Waals surface area contributed by atoms with Gasteiger partial charge in [0.1, 0.15) is 0 Å². The van der Waals surface area contributed by atoms with Gasteiger partial charge in [-0.2, -0.15) is 5.12 Å². The van der Waals surface area contributed by atoms with Crippen LogP contribution in [0.15, 0.2) is 0 Å². The Balaban J connectivity index is 0.00000400. The first kappa shape index (κ1) is 21.0. The van der Waals surface area contributed by atoms with Gasteiger partial charge in [-0.1, -0.05) is 17.8 Å². The van der Waals surface area contributed by atoms with E-state index < -0.39 is 0 Å². The van der Waals surface area contributed by atoms with E-state index in [1.165, 1.54) is 19.3 Å². The molecule has 126 valence electrons. The Hall–Kier alpha value is 0.0500. The van der Waals surface area contributed by atoms with E-state index in [1.807, 2.05) is 6.92 Å². The molecule has 1 amide bonds. The van der Waals surface area contributed by atoms with Crippen LogP contribution >= 0.6 is 0 Å². The maximum atomic E-state index is 13.8. The van der Waals surface area contributed by atoms with Crippen LogP contribution < -0.4 is 24.0 Å². The van der Waals surface area contributed by atoms with E-state index in [9.17, 15) is 9.28 Å². The van der Waals surface area contributed by atoms with Gasteiger partial charge in [0.2, 0.25) is 0 Å². The van der Waals surface area contributed by atoms with Crippen molar-refractivity contribution >= 4 is 5.91 Å². The molecule has 0 spiro atoms. The molecule has 0 N–H and O–H groups in total. The first-order chi connectivity index (χ1) is 9.29. The Kier molecular flexibility index (Phi) is 9.97. The third kappa shape index (κ3) is 8.93. The van der Waals surface area contributed by atoms with Gasteiger partial charge >= 0.3 is 0 Å². The van der Waals surface area contributed by atoms with Crippen LogP contribution in [-0.2, 0) is 4.79 Å². The third-order valence-corrected chi connectivity index (χ3v) is 3.82. The largest absolute Gasteiger partial charge is 1.00 e. The minimum atomic E-state index is -0.364. The topological polar surface area (TPSA) is 23.6 Å². The van der Waals surface area contributed by atoms with Gasteiger partial charge in [-0.25, -0.2) is 0 Å². The Labute approximate surface area is 146 Å². The molecule has 1 unspecified atom stereocenters. The summed E-state index contributed by atoms with van der Waals surface area (Å²) in [6.45, 7) is 5.70. The molecule has 0 aromatic heterocycles. The summed E-state index contributed by atoms with van der Waals surface area (Å²) in [4.78, 5) is 14.3. The Morgan fingerprint density at radius 1 is 1.24 bits per heavy atom. The van der Waals surface area contributed by atoms with Gasteiger partial charge in [0.25, 0.3) is 5.91 Å². The summed E-state index contributed by atoms with van der Waals surface area (Å²) in [5, 5.41) is 0.421. The lowest BCUT2D eigenvalue weighted by Crippen LogP contribution is -3.00. The van der Waals surface area contributed by atoms with Crippen LogP contribution in [0.5, 0.6) is 0 Å². The minimum Gasteiger partial charge on any atom is -1.00 e. The molecule has 1 aliphatic heterocycles. The van der Waals surface area contributed by atoms with Crippen molar-refractivity contribution < 1.29 is 37.7 Å². The molecule has 0 bridgehead atoms. The number of rotatable bonds is 7. The Morgan fingerprint density at radius 2 is 1.81 bits per heavy atom. The standard InChI is InChI=1S/C15H31FN3O.HI/c1-14(13-17-9-6-5-7-10-17)15(20)18(16)11-8-12-19(2,3)4;/h14H,5-13H2,1-4H3;1H/q+1;/p-1. The van der Waals surface area contributed by atoms with Crippen LogP contribution in [0, 0.1) is 5.92 Å². The van der Waals surface area contributed by atoms with Gasteiger partial charge in [0.15, 0.2) is 0 Å². The summed E-state index contributed by atoms with van der Waals surface area (Å²) in [7, 11) is 6.22. The average molecular weight is 415 g/mol. The van der Waals surface area contributed by atoms with Gasteiger partial charge in [0, 0.05) is 13.0 Å². The van der Waals surface area contributed by atoms with Gasteiger partial charge in [-0.15, -0.1) is 0 Å². The molecule has 1 fully saturated rings. The number of nitrogens with zero attached hydrogens (tertiary/aromatic N) is 3. The van der Waals surface area contributed by atoms with Crippen molar-refractivity contribution in [1.29, 1.82) is 0 Å². The fourth-order valence-corrected chi connectivity index (χ4v) is 2.64. The number of hydrogen-bond acceptors (Lipinski definition) is 2. The van der Waals surface area contributed by atoms with E-state index in [1.54, 1.807) is 0 Å². The molecule has 6 heteroatoms. The van der Waals surface area contributed by atoms with Crippen molar-refractivity contribution in [3.05, 3.63) is 0 Å². The van der Waals surface area contributed by atoms with Crippen molar-refractivity contribution in [2.45, 2.75) is 32.6 Å². The fourth-order valence-electron chi connectivity index (χ4n) is 2.64. The number of carbonyl (C=O) groups is 1. The smallest absolute Gasteiger partial charge is 0.254 e. The summed E-state index contributed by atoms with van der Waals surface area (Å²) < 4.78 is 14.6. The van der Waals surface area contributed by atoms with Crippen LogP contribution in [0.3, 0.4) is 0 Å². The van der Waals surface area contributed by atoms with Crippen molar-refractivity contribution in [2.75, 3.05) is 53.9 Å². The van der Waals surface area contributed by atoms with E-state index in [2.05, 4.69) is 26.0 Å². The molecular weight excluding hydrogens is 384 g/mol. The molecule has 0 saturated carbocycles. The average Bonchev–Trinajstić information content (AvgIpc) is 2.37. The van der Waals surface area contributed by atoms with Gasteiger partial charge in [-0.3, -0.25) is 4.79 Å². The predicted molar refractivity (Wildman–Crippen MR) is 79.8 cm³/mol. The van der Waals surface area contributed by atoms with E-state index >= 15 is 0 Å². The number of piperidine rings is 1. The number of likely N-dealkylation sites (tertiary alicyclic amines) is 1. The minimum absolute atomic E-state index is 0. The second-order valence-electron chi connectivity index (χ2n) is 7.05. The van der Waals surface area contributed by atoms with Gasteiger partial charge in [-0.05, 0) is 25.9 Å². The molecule has 0 radical (unpaired) electrons. The highest BCUT2D eigenvalue weighted by atomic mass is 127. The maximum absolute atomic E-state index is 13.8. The molecule has 1 saturated heterocycles. The Morgan fingerprint density at radius 3 is 2.33 bits per heavy atom. The van der Waals surface area contributed by atoms with E-state index in [0.717, 1.165) is 24.1 Å². The zero-order chi connectivity index (χ0) is 15.2. The lowest BCUT2D eigenvalue weighted by molar-refractivity contribution is -0.870. The summed E-state index contributed by atoms with van der Waals surface area (Å²) in [5.74, 6) is -0.612. The highest BCUT2D eigenvalue weighted by Crippen LogP contribution is 2.13. The molecule has 0 aliphatic carbocycles. The summed E-state index contributed by atoms with van der Waals surface area (Å²) in [5.41, 5.74) is 0. The molecule has 4 nitrogen and oxygen atoms in total. The summed E-state index contributed by atoms with van der Waals surface area (Å²) in [6, 6.07) is 0.